The Bertz CT molecular complexity index is 974. The van der Waals surface area contributed by atoms with E-state index in [0.717, 1.165) is 18.9 Å². The van der Waals surface area contributed by atoms with Gasteiger partial charge < -0.3 is 20.6 Å². The number of nitrogen functional groups attached to an aromatic ring is 1. The number of benzene rings is 1. The normalized spacial score (nSPS) is 20.5. The number of ether oxygens (including phenoxy) is 2. The highest BCUT2D eigenvalue weighted by Gasteiger charge is 2.31. The van der Waals surface area contributed by atoms with Gasteiger partial charge in [0.05, 0.1) is 25.7 Å². The molecule has 1 saturated carbocycles. The molecule has 1 saturated heterocycles. The minimum Gasteiger partial charge on any atom is -0.494 e. The predicted molar refractivity (Wildman–Crippen MR) is 93.7 cm³/mol. The molecular formula is C17H21FN4O4. The molecule has 3 N–H and O–H groups in total. The first-order valence-electron chi connectivity index (χ1n) is 8.65. The third-order valence-corrected chi connectivity index (χ3v) is 4.97. The Morgan fingerprint density at radius 2 is 2.19 bits per heavy atom. The van der Waals surface area contributed by atoms with E-state index in [-0.39, 0.29) is 23.2 Å². The van der Waals surface area contributed by atoms with Gasteiger partial charge in [-0.25, -0.2) is 9.18 Å². The minimum absolute atomic E-state index is 0.0463. The number of nitrogens with one attached hydrogen (secondary N) is 1. The first-order chi connectivity index (χ1) is 12.5. The van der Waals surface area contributed by atoms with Crippen molar-refractivity contribution in [3.05, 3.63) is 38.3 Å². The van der Waals surface area contributed by atoms with Crippen molar-refractivity contribution in [3.63, 3.8) is 0 Å². The molecule has 0 spiro atoms. The van der Waals surface area contributed by atoms with Gasteiger partial charge in [0.1, 0.15) is 17.1 Å². The van der Waals surface area contributed by atoms with Crippen molar-refractivity contribution < 1.29 is 13.9 Å². The summed E-state index contributed by atoms with van der Waals surface area (Å²) in [5.41, 5.74) is -0.699. The van der Waals surface area contributed by atoms with Crippen LogP contribution < -0.4 is 27.1 Å². The molecule has 1 aliphatic heterocycles. The van der Waals surface area contributed by atoms with E-state index in [1.807, 2.05) is 0 Å². The Labute approximate surface area is 148 Å². The highest BCUT2D eigenvalue weighted by molar-refractivity contribution is 5.86. The van der Waals surface area contributed by atoms with Crippen LogP contribution in [0.2, 0.25) is 0 Å². The third kappa shape index (κ3) is 2.67. The number of nitrogens with two attached hydrogens (primary N) is 1. The summed E-state index contributed by atoms with van der Waals surface area (Å²) >= 11 is 0. The lowest BCUT2D eigenvalue weighted by Gasteiger charge is -2.25. The lowest BCUT2D eigenvalue weighted by molar-refractivity contribution is 0.0766. The summed E-state index contributed by atoms with van der Waals surface area (Å²) in [6, 6.07) is 1.03. The molecule has 2 aliphatic rings. The van der Waals surface area contributed by atoms with Crippen LogP contribution in [0, 0.1) is 5.82 Å². The van der Waals surface area contributed by atoms with Crippen molar-refractivity contribution in [2.24, 2.45) is 0 Å². The minimum atomic E-state index is -0.732. The number of halogens is 1. The highest BCUT2D eigenvalue weighted by Crippen LogP contribution is 2.39. The first kappa shape index (κ1) is 17.0. The fourth-order valence-corrected chi connectivity index (χ4v) is 3.57. The SMILES string of the molecule is COc1c(CC2COCCN2)c(F)cc2c(=O)n(N)c(=O)n(C3CC3)c12. The van der Waals surface area contributed by atoms with Crippen molar-refractivity contribution in [1.82, 2.24) is 14.6 Å². The zero-order valence-corrected chi connectivity index (χ0v) is 14.5. The Hall–Kier alpha value is -2.39. The standard InChI is InChI=1S/C17H21FN4O4/c1-25-15-11(6-9-8-26-5-4-20-9)13(18)7-12-14(15)21(10-2-3-10)17(24)22(19)16(12)23/h7,9-10,20H,2-6,8,19H2,1H3. The molecule has 2 aromatic rings. The fraction of sp³-hybridized carbons (Fsp3) is 0.529. The summed E-state index contributed by atoms with van der Waals surface area (Å²) in [6.45, 7) is 1.76. The number of morpholine rings is 1. The van der Waals surface area contributed by atoms with Gasteiger partial charge in [0, 0.05) is 24.2 Å². The number of nitrogens with zero attached hydrogens (tertiary/aromatic N) is 2. The van der Waals surface area contributed by atoms with Gasteiger partial charge in [0.15, 0.2) is 0 Å². The monoisotopic (exact) mass is 364 g/mol. The quantitative estimate of drug-likeness (QED) is 0.735. The van der Waals surface area contributed by atoms with E-state index >= 15 is 0 Å². The number of methoxy groups -OCH3 is 1. The van der Waals surface area contributed by atoms with E-state index in [2.05, 4.69) is 5.32 Å². The molecule has 26 heavy (non-hydrogen) atoms. The number of hydrogen-bond donors (Lipinski definition) is 2. The van der Waals surface area contributed by atoms with E-state index in [4.69, 9.17) is 15.3 Å². The summed E-state index contributed by atoms with van der Waals surface area (Å²) in [7, 11) is 1.41. The zero-order chi connectivity index (χ0) is 18.4. The van der Waals surface area contributed by atoms with Gasteiger partial charge in [-0.05, 0) is 25.3 Å². The lowest BCUT2D eigenvalue weighted by Crippen LogP contribution is -2.45. The maximum atomic E-state index is 14.9. The maximum Gasteiger partial charge on any atom is 0.350 e. The van der Waals surface area contributed by atoms with Crippen LogP contribution in [0.15, 0.2) is 15.7 Å². The van der Waals surface area contributed by atoms with Gasteiger partial charge in [-0.1, -0.05) is 0 Å². The van der Waals surface area contributed by atoms with Gasteiger partial charge in [-0.15, -0.1) is 0 Å². The molecule has 1 atom stereocenters. The van der Waals surface area contributed by atoms with Crippen molar-refractivity contribution in [1.29, 1.82) is 0 Å². The second-order valence-electron chi connectivity index (χ2n) is 6.76. The Morgan fingerprint density at radius 1 is 1.42 bits per heavy atom. The molecule has 0 radical (unpaired) electrons. The second-order valence-corrected chi connectivity index (χ2v) is 6.76. The van der Waals surface area contributed by atoms with Crippen molar-refractivity contribution in [2.75, 3.05) is 32.7 Å². The van der Waals surface area contributed by atoms with Gasteiger partial charge in [0.25, 0.3) is 5.56 Å². The molecule has 1 aliphatic carbocycles. The molecule has 4 rings (SSSR count). The smallest absolute Gasteiger partial charge is 0.350 e. The summed E-state index contributed by atoms with van der Waals surface area (Å²) in [4.78, 5) is 25.0. The molecule has 1 unspecified atom stereocenters. The molecule has 1 aromatic carbocycles. The Kier molecular flexibility index (Phi) is 4.20. The van der Waals surface area contributed by atoms with E-state index in [9.17, 15) is 14.0 Å². The van der Waals surface area contributed by atoms with Crippen molar-refractivity contribution in [3.8, 4) is 5.75 Å². The average molecular weight is 364 g/mol. The van der Waals surface area contributed by atoms with Gasteiger partial charge in [0.2, 0.25) is 0 Å². The molecule has 0 bridgehead atoms. The zero-order valence-electron chi connectivity index (χ0n) is 14.5. The number of rotatable bonds is 4. The molecule has 9 heteroatoms. The van der Waals surface area contributed by atoms with Crippen LogP contribution in [0.4, 0.5) is 4.39 Å². The topological polar surface area (TPSA) is 101 Å². The van der Waals surface area contributed by atoms with Gasteiger partial charge in [-0.3, -0.25) is 9.36 Å². The third-order valence-electron chi connectivity index (χ3n) is 4.97. The summed E-state index contributed by atoms with van der Waals surface area (Å²) in [5.74, 6) is 5.29. The molecule has 140 valence electrons. The van der Waals surface area contributed by atoms with Gasteiger partial charge in [-0.2, -0.15) is 4.68 Å². The van der Waals surface area contributed by atoms with E-state index < -0.39 is 17.1 Å². The summed E-state index contributed by atoms with van der Waals surface area (Å²) in [5, 5.41) is 3.32. The summed E-state index contributed by atoms with van der Waals surface area (Å²) < 4.78 is 27.8. The van der Waals surface area contributed by atoms with Crippen LogP contribution in [0.1, 0.15) is 24.4 Å². The van der Waals surface area contributed by atoms with Crippen LogP contribution in [0.3, 0.4) is 0 Å². The van der Waals surface area contributed by atoms with Crippen molar-refractivity contribution in [2.45, 2.75) is 31.3 Å². The Morgan fingerprint density at radius 3 is 2.81 bits per heavy atom. The van der Waals surface area contributed by atoms with Crippen LogP contribution >= 0.6 is 0 Å². The maximum absolute atomic E-state index is 14.9. The Balaban J connectivity index is 1.97. The average Bonchev–Trinajstić information content (AvgIpc) is 3.47. The van der Waals surface area contributed by atoms with Gasteiger partial charge >= 0.3 is 5.69 Å². The predicted octanol–water partition coefficient (Wildman–Crippen LogP) is -0.109. The first-order valence-corrected chi connectivity index (χ1v) is 8.65. The van der Waals surface area contributed by atoms with E-state index in [1.54, 1.807) is 0 Å². The van der Waals surface area contributed by atoms with Crippen LogP contribution in [-0.4, -0.2) is 42.2 Å². The number of fused-ring (bicyclic) bond motifs is 1. The second kappa shape index (κ2) is 6.40. The summed E-state index contributed by atoms with van der Waals surface area (Å²) in [6.07, 6.45) is 1.94. The molecule has 8 nitrogen and oxygen atoms in total. The molecule has 2 heterocycles. The number of hydrogen-bond acceptors (Lipinski definition) is 6. The fourth-order valence-electron chi connectivity index (χ4n) is 3.57. The van der Waals surface area contributed by atoms with E-state index in [1.165, 1.54) is 11.7 Å². The lowest BCUT2D eigenvalue weighted by atomic mass is 10.0. The van der Waals surface area contributed by atoms with Crippen LogP contribution in [0.25, 0.3) is 10.9 Å². The largest absolute Gasteiger partial charge is 0.494 e. The van der Waals surface area contributed by atoms with Crippen LogP contribution in [0.5, 0.6) is 5.75 Å². The molecular weight excluding hydrogens is 343 g/mol. The molecule has 2 fully saturated rings. The number of aromatic nitrogens is 2. The van der Waals surface area contributed by atoms with Crippen molar-refractivity contribution >= 4 is 10.9 Å². The molecule has 0 amide bonds. The molecule has 1 aromatic heterocycles. The highest BCUT2D eigenvalue weighted by atomic mass is 19.1. The van der Waals surface area contributed by atoms with Crippen LogP contribution in [-0.2, 0) is 11.2 Å². The van der Waals surface area contributed by atoms with E-state index in [0.29, 0.717) is 41.9 Å².